The Labute approximate surface area is 169 Å². The molecule has 1 heterocycles. The third-order valence-corrected chi connectivity index (χ3v) is 4.99. The van der Waals surface area contributed by atoms with E-state index >= 15 is 0 Å². The number of amides is 1. The molecule has 1 amide bonds. The highest BCUT2D eigenvalue weighted by atomic mass is 35.5. The number of anilines is 1. The standard InChI is InChI=1S/C20H22Cl2N2O3/c1-2-24(12-14-13-26-17-8-3-4-9-18(17)27-14)11-10-19(25)23-20-15(21)6-5-7-16(20)22/h3-9,14H,2,10-13H2,1H3,(H,23,25)/t14-/m0/s1. The van der Waals surface area contributed by atoms with Gasteiger partial charge in [-0.2, -0.15) is 0 Å². The van der Waals surface area contributed by atoms with Gasteiger partial charge in [0.25, 0.3) is 0 Å². The summed E-state index contributed by atoms with van der Waals surface area (Å²) in [5.74, 6) is 1.40. The van der Waals surface area contributed by atoms with Crippen molar-refractivity contribution in [3.05, 3.63) is 52.5 Å². The minimum Gasteiger partial charge on any atom is -0.486 e. The van der Waals surface area contributed by atoms with Crippen LogP contribution in [0.25, 0.3) is 0 Å². The van der Waals surface area contributed by atoms with Gasteiger partial charge in [0.2, 0.25) is 5.91 Å². The van der Waals surface area contributed by atoms with Gasteiger partial charge >= 0.3 is 0 Å². The zero-order valence-electron chi connectivity index (χ0n) is 15.1. The molecular formula is C20H22Cl2N2O3. The van der Waals surface area contributed by atoms with Crippen molar-refractivity contribution in [3.63, 3.8) is 0 Å². The van der Waals surface area contributed by atoms with Crippen LogP contribution in [-0.2, 0) is 4.79 Å². The van der Waals surface area contributed by atoms with Gasteiger partial charge in [0, 0.05) is 19.5 Å². The Kier molecular flexibility index (Phi) is 6.83. The molecule has 0 unspecified atom stereocenters. The molecule has 1 N–H and O–H groups in total. The number of nitrogens with zero attached hydrogens (tertiary/aromatic N) is 1. The first-order valence-corrected chi connectivity index (χ1v) is 9.67. The van der Waals surface area contributed by atoms with Gasteiger partial charge in [-0.3, -0.25) is 9.69 Å². The summed E-state index contributed by atoms with van der Waals surface area (Å²) in [6.07, 6.45) is 0.264. The predicted octanol–water partition coefficient (Wildman–Crippen LogP) is 4.48. The number of likely N-dealkylation sites (N-methyl/N-ethyl adjacent to an activating group) is 1. The van der Waals surface area contributed by atoms with E-state index in [0.717, 1.165) is 18.0 Å². The molecule has 27 heavy (non-hydrogen) atoms. The minimum absolute atomic E-state index is 0.0686. The van der Waals surface area contributed by atoms with Gasteiger partial charge in [-0.15, -0.1) is 0 Å². The monoisotopic (exact) mass is 408 g/mol. The molecule has 1 aliphatic rings. The zero-order valence-corrected chi connectivity index (χ0v) is 16.6. The quantitative estimate of drug-likeness (QED) is 0.733. The number of rotatable bonds is 7. The normalized spacial score (nSPS) is 15.6. The number of carbonyl (C=O) groups is 1. The molecule has 0 aliphatic carbocycles. The highest BCUT2D eigenvalue weighted by molar-refractivity contribution is 6.39. The number of halogens is 2. The van der Waals surface area contributed by atoms with E-state index in [1.807, 2.05) is 24.3 Å². The van der Waals surface area contributed by atoms with Crippen LogP contribution in [0.3, 0.4) is 0 Å². The van der Waals surface area contributed by atoms with E-state index in [9.17, 15) is 4.79 Å². The number of nitrogens with one attached hydrogen (secondary N) is 1. The van der Waals surface area contributed by atoms with E-state index in [1.165, 1.54) is 0 Å². The number of carbonyl (C=O) groups excluding carboxylic acids is 1. The highest BCUT2D eigenvalue weighted by Crippen LogP contribution is 2.31. The van der Waals surface area contributed by atoms with Crippen molar-refractivity contribution >= 4 is 34.8 Å². The lowest BCUT2D eigenvalue weighted by atomic mass is 10.2. The van der Waals surface area contributed by atoms with Crippen molar-refractivity contribution in [2.75, 3.05) is 31.6 Å². The van der Waals surface area contributed by atoms with Gasteiger partial charge in [0.05, 0.1) is 15.7 Å². The number of para-hydroxylation sites is 3. The minimum atomic E-state index is -0.130. The first-order valence-electron chi connectivity index (χ1n) is 8.91. The van der Waals surface area contributed by atoms with Crippen LogP contribution < -0.4 is 14.8 Å². The fourth-order valence-corrected chi connectivity index (χ4v) is 3.39. The molecule has 3 rings (SSSR count). The molecule has 0 aromatic heterocycles. The Hall–Kier alpha value is -1.95. The second-order valence-corrected chi connectivity index (χ2v) is 7.10. The van der Waals surface area contributed by atoms with Crippen LogP contribution in [0.2, 0.25) is 10.0 Å². The summed E-state index contributed by atoms with van der Waals surface area (Å²) >= 11 is 12.2. The molecule has 1 atom stereocenters. The molecule has 2 aromatic rings. The van der Waals surface area contributed by atoms with E-state index in [0.29, 0.717) is 41.8 Å². The van der Waals surface area contributed by atoms with E-state index < -0.39 is 0 Å². The Bertz CT molecular complexity index is 780. The molecule has 0 radical (unpaired) electrons. The van der Waals surface area contributed by atoms with E-state index in [-0.39, 0.29) is 12.0 Å². The van der Waals surface area contributed by atoms with Crippen LogP contribution in [0.1, 0.15) is 13.3 Å². The molecule has 0 saturated heterocycles. The van der Waals surface area contributed by atoms with Crippen LogP contribution in [0.5, 0.6) is 11.5 Å². The number of fused-ring (bicyclic) bond motifs is 1. The van der Waals surface area contributed by atoms with Gasteiger partial charge < -0.3 is 14.8 Å². The molecule has 5 nitrogen and oxygen atoms in total. The summed E-state index contributed by atoms with van der Waals surface area (Å²) in [6, 6.07) is 12.8. The molecule has 0 saturated carbocycles. The molecule has 0 fully saturated rings. The van der Waals surface area contributed by atoms with Gasteiger partial charge in [-0.25, -0.2) is 0 Å². The van der Waals surface area contributed by atoms with Crippen molar-refractivity contribution in [2.24, 2.45) is 0 Å². The Morgan fingerprint density at radius 2 is 1.85 bits per heavy atom. The predicted molar refractivity (Wildman–Crippen MR) is 108 cm³/mol. The fourth-order valence-electron chi connectivity index (χ4n) is 2.90. The average molecular weight is 409 g/mol. The van der Waals surface area contributed by atoms with Crippen molar-refractivity contribution in [1.29, 1.82) is 0 Å². The van der Waals surface area contributed by atoms with Crippen molar-refractivity contribution in [3.8, 4) is 11.5 Å². The van der Waals surface area contributed by atoms with Crippen molar-refractivity contribution < 1.29 is 14.3 Å². The second-order valence-electron chi connectivity index (χ2n) is 6.29. The summed E-state index contributed by atoms with van der Waals surface area (Å²) < 4.78 is 11.7. The molecule has 7 heteroatoms. The first-order chi connectivity index (χ1) is 13.1. The van der Waals surface area contributed by atoms with Gasteiger partial charge in [-0.05, 0) is 30.8 Å². The molecular weight excluding hydrogens is 387 g/mol. The van der Waals surface area contributed by atoms with E-state index in [2.05, 4.69) is 17.1 Å². The van der Waals surface area contributed by atoms with Crippen LogP contribution in [0, 0.1) is 0 Å². The maximum Gasteiger partial charge on any atom is 0.225 e. The Balaban J connectivity index is 1.50. The zero-order chi connectivity index (χ0) is 19.2. The lowest BCUT2D eigenvalue weighted by Gasteiger charge is -2.30. The summed E-state index contributed by atoms with van der Waals surface area (Å²) in [7, 11) is 0. The lowest BCUT2D eigenvalue weighted by Crippen LogP contribution is -2.41. The first kappa shape index (κ1) is 19.8. The Morgan fingerprint density at radius 1 is 1.15 bits per heavy atom. The number of ether oxygens (including phenoxy) is 2. The SMILES string of the molecule is CCN(CCC(=O)Nc1c(Cl)cccc1Cl)C[C@H]1COc2ccccc2O1. The van der Waals surface area contributed by atoms with Gasteiger partial charge in [-0.1, -0.05) is 48.3 Å². The molecule has 144 valence electrons. The highest BCUT2D eigenvalue weighted by Gasteiger charge is 2.23. The largest absolute Gasteiger partial charge is 0.486 e. The summed E-state index contributed by atoms with van der Waals surface area (Å²) in [5, 5.41) is 3.64. The third kappa shape index (κ3) is 5.28. The van der Waals surface area contributed by atoms with E-state index in [4.69, 9.17) is 32.7 Å². The topological polar surface area (TPSA) is 50.8 Å². The lowest BCUT2D eigenvalue weighted by molar-refractivity contribution is -0.116. The summed E-state index contributed by atoms with van der Waals surface area (Å²) in [5.41, 5.74) is 0.453. The average Bonchev–Trinajstić information content (AvgIpc) is 2.68. The second kappa shape index (κ2) is 9.31. The number of hydrogen-bond donors (Lipinski definition) is 1. The maximum atomic E-state index is 12.3. The van der Waals surface area contributed by atoms with Gasteiger partial charge in [0.15, 0.2) is 11.5 Å². The molecule has 0 bridgehead atoms. The third-order valence-electron chi connectivity index (χ3n) is 4.36. The van der Waals surface area contributed by atoms with Crippen molar-refractivity contribution in [2.45, 2.75) is 19.4 Å². The van der Waals surface area contributed by atoms with Crippen LogP contribution in [0.15, 0.2) is 42.5 Å². The van der Waals surface area contributed by atoms with Crippen molar-refractivity contribution in [1.82, 2.24) is 4.90 Å². The summed E-state index contributed by atoms with van der Waals surface area (Å²) in [4.78, 5) is 14.4. The number of hydrogen-bond acceptors (Lipinski definition) is 4. The molecule has 2 aromatic carbocycles. The van der Waals surface area contributed by atoms with Crippen LogP contribution in [0.4, 0.5) is 5.69 Å². The van der Waals surface area contributed by atoms with Crippen LogP contribution in [-0.4, -0.2) is 43.2 Å². The maximum absolute atomic E-state index is 12.3. The molecule has 1 aliphatic heterocycles. The smallest absolute Gasteiger partial charge is 0.225 e. The summed E-state index contributed by atoms with van der Waals surface area (Å²) in [6.45, 7) is 4.65. The van der Waals surface area contributed by atoms with E-state index in [1.54, 1.807) is 18.2 Å². The van der Waals surface area contributed by atoms with Gasteiger partial charge in [0.1, 0.15) is 12.7 Å². The Morgan fingerprint density at radius 3 is 2.56 bits per heavy atom. The van der Waals surface area contributed by atoms with Crippen LogP contribution >= 0.6 is 23.2 Å². The number of benzene rings is 2. The molecule has 0 spiro atoms. The fraction of sp³-hybridized carbons (Fsp3) is 0.350.